The molecule has 3 heterocycles. The number of carbonyl (C=O) groups is 1. The van der Waals surface area contributed by atoms with Crippen LogP contribution in [0.1, 0.15) is 19.3 Å². The van der Waals surface area contributed by atoms with E-state index in [9.17, 15) is 13.2 Å². The third-order valence-corrected chi connectivity index (χ3v) is 5.05. The second-order valence-corrected chi connectivity index (χ2v) is 7.71. The van der Waals surface area contributed by atoms with Crippen molar-refractivity contribution in [3.05, 3.63) is 41.6 Å². The van der Waals surface area contributed by atoms with Crippen molar-refractivity contribution in [3.8, 4) is 22.8 Å². The smallest absolute Gasteiger partial charge is 0.475 e. The molecule has 0 atom stereocenters. The zero-order chi connectivity index (χ0) is 25.6. The summed E-state index contributed by atoms with van der Waals surface area (Å²) >= 11 is 6.17. The molecule has 0 spiro atoms. The van der Waals surface area contributed by atoms with Crippen LogP contribution in [0.4, 0.5) is 19.0 Å². The van der Waals surface area contributed by atoms with Gasteiger partial charge >= 0.3 is 12.1 Å². The number of carboxylic acid groups (broad SMARTS) is 1. The maximum absolute atomic E-state index is 10.6. The summed E-state index contributed by atoms with van der Waals surface area (Å²) in [7, 11) is 0. The Labute approximate surface area is 201 Å². The lowest BCUT2D eigenvalue weighted by Crippen LogP contribution is -2.21. The first kappa shape index (κ1) is 25.9. The van der Waals surface area contributed by atoms with E-state index >= 15 is 0 Å². The average Bonchev–Trinajstić information content (AvgIpc) is 3.39. The van der Waals surface area contributed by atoms with Gasteiger partial charge in [0.05, 0.1) is 11.2 Å². The van der Waals surface area contributed by atoms with Crippen LogP contribution in [0.3, 0.4) is 0 Å². The molecule has 4 aromatic rings. The fraction of sp³-hybridized carbons (Fsp3) is 0.286. The van der Waals surface area contributed by atoms with Gasteiger partial charge in [-0.2, -0.15) is 13.2 Å². The summed E-state index contributed by atoms with van der Waals surface area (Å²) in [5.74, 6) is -1.94. The molecule has 35 heavy (non-hydrogen) atoms. The molecule has 0 unspecified atom stereocenters. The third kappa shape index (κ3) is 6.25. The van der Waals surface area contributed by atoms with Gasteiger partial charge in [-0.25, -0.2) is 14.4 Å². The predicted octanol–water partition coefficient (Wildman–Crippen LogP) is 4.15. The first-order valence-corrected chi connectivity index (χ1v) is 10.7. The summed E-state index contributed by atoms with van der Waals surface area (Å²) in [6, 6.07) is 9.48. The number of rotatable bonds is 7. The number of carboxylic acids is 1. The Kier molecular flexibility index (Phi) is 8.25. The van der Waals surface area contributed by atoms with E-state index in [2.05, 4.69) is 19.9 Å². The number of nitrogen functional groups attached to an aromatic ring is 1. The number of aliphatic carboxylic acids is 1. The summed E-state index contributed by atoms with van der Waals surface area (Å²) < 4.78 is 38.6. The van der Waals surface area contributed by atoms with Crippen LogP contribution in [0.15, 0.2) is 41.2 Å². The minimum absolute atomic E-state index is 0.204. The molecule has 186 valence electrons. The molecule has 5 N–H and O–H groups in total. The van der Waals surface area contributed by atoms with Crippen molar-refractivity contribution in [2.75, 3.05) is 12.3 Å². The Bertz CT molecular complexity index is 1310. The van der Waals surface area contributed by atoms with Crippen molar-refractivity contribution >= 4 is 34.4 Å². The van der Waals surface area contributed by atoms with Crippen LogP contribution >= 0.6 is 11.6 Å². The number of halogens is 4. The van der Waals surface area contributed by atoms with Crippen molar-refractivity contribution in [2.45, 2.75) is 32.0 Å². The van der Waals surface area contributed by atoms with Gasteiger partial charge in [-0.1, -0.05) is 30.2 Å². The zero-order valence-corrected chi connectivity index (χ0v) is 18.9. The number of hydrogen-bond acceptors (Lipinski definition) is 8. The van der Waals surface area contributed by atoms with Gasteiger partial charge in [0.1, 0.15) is 5.52 Å². The van der Waals surface area contributed by atoms with Gasteiger partial charge in [0.25, 0.3) is 0 Å². The largest absolute Gasteiger partial charge is 0.490 e. The number of aryl methyl sites for hydroxylation is 1. The van der Waals surface area contributed by atoms with Gasteiger partial charge in [-0.3, -0.25) is 4.98 Å². The fourth-order valence-corrected chi connectivity index (χ4v) is 3.44. The molecule has 0 aliphatic heterocycles. The molecule has 0 fully saturated rings. The first-order chi connectivity index (χ1) is 16.6. The summed E-state index contributed by atoms with van der Waals surface area (Å²) in [4.78, 5) is 18.3. The van der Waals surface area contributed by atoms with Crippen molar-refractivity contribution in [2.24, 2.45) is 5.73 Å². The number of nitrogens with two attached hydrogens (primary N) is 2. The molecule has 1 aromatic carbocycles. The van der Waals surface area contributed by atoms with Crippen LogP contribution in [0.5, 0.6) is 0 Å². The van der Waals surface area contributed by atoms with Crippen LogP contribution in [0.25, 0.3) is 33.8 Å². The summed E-state index contributed by atoms with van der Waals surface area (Å²) in [6.07, 6.45) is -0.361. The number of alkyl halides is 3. The van der Waals surface area contributed by atoms with Gasteiger partial charge in [-0.05, 0) is 47.9 Å². The summed E-state index contributed by atoms with van der Waals surface area (Å²) in [5, 5.41) is 15.4. The highest BCUT2D eigenvalue weighted by Gasteiger charge is 2.38. The molecule has 4 rings (SSSR count). The van der Waals surface area contributed by atoms with Crippen LogP contribution in [-0.4, -0.2) is 48.6 Å². The quantitative estimate of drug-likeness (QED) is 0.310. The number of imidazole rings is 1. The maximum Gasteiger partial charge on any atom is 0.490 e. The van der Waals surface area contributed by atoms with Gasteiger partial charge in [-0.15, -0.1) is 0 Å². The number of nitrogens with zero attached hydrogens (tertiary/aromatic N) is 5. The Hall–Kier alpha value is -3.71. The van der Waals surface area contributed by atoms with Gasteiger partial charge in [0.2, 0.25) is 0 Å². The molecule has 0 bridgehead atoms. The van der Waals surface area contributed by atoms with Crippen LogP contribution < -0.4 is 11.5 Å². The second kappa shape index (κ2) is 11.1. The molecule has 0 aliphatic carbocycles. The van der Waals surface area contributed by atoms with E-state index in [1.807, 2.05) is 30.3 Å². The molecule has 0 aliphatic rings. The highest BCUT2D eigenvalue weighted by atomic mass is 35.5. The Morgan fingerprint density at radius 1 is 1.14 bits per heavy atom. The monoisotopic (exact) mass is 511 g/mol. The van der Waals surface area contributed by atoms with Gasteiger partial charge < -0.3 is 21.1 Å². The molecular formula is C21H21ClF3N7O3. The minimum Gasteiger partial charge on any atom is -0.475 e. The number of benzene rings is 1. The predicted molar refractivity (Wildman–Crippen MR) is 122 cm³/mol. The second-order valence-electron chi connectivity index (χ2n) is 7.28. The normalized spacial score (nSPS) is 11.3. The van der Waals surface area contributed by atoms with E-state index in [4.69, 9.17) is 42.6 Å². The molecule has 14 heteroatoms. The number of unbranched alkanes of at least 4 members (excludes halogenated alkanes) is 2. The number of anilines is 1. The van der Waals surface area contributed by atoms with Crippen LogP contribution in [0.2, 0.25) is 5.02 Å². The van der Waals surface area contributed by atoms with E-state index in [1.54, 1.807) is 6.20 Å². The molecule has 0 radical (unpaired) electrons. The highest BCUT2D eigenvalue weighted by molar-refractivity contribution is 6.30. The Balaban J connectivity index is 0.000000429. The van der Waals surface area contributed by atoms with E-state index in [1.165, 1.54) is 0 Å². The Morgan fingerprint density at radius 2 is 1.89 bits per heavy atom. The third-order valence-electron chi connectivity index (χ3n) is 4.82. The lowest BCUT2D eigenvalue weighted by atomic mass is 10.1. The molecule has 3 aromatic heterocycles. The number of hydrogen-bond donors (Lipinski definition) is 3. The molecule has 0 amide bonds. The molecule has 10 nitrogen and oxygen atoms in total. The van der Waals surface area contributed by atoms with E-state index in [0.29, 0.717) is 23.1 Å². The first-order valence-electron chi connectivity index (χ1n) is 10.3. The van der Waals surface area contributed by atoms with Crippen molar-refractivity contribution in [1.82, 2.24) is 24.8 Å². The van der Waals surface area contributed by atoms with Crippen molar-refractivity contribution in [3.63, 3.8) is 0 Å². The highest BCUT2D eigenvalue weighted by Crippen LogP contribution is 2.32. The lowest BCUT2D eigenvalue weighted by molar-refractivity contribution is -0.192. The summed E-state index contributed by atoms with van der Waals surface area (Å²) in [6.45, 7) is 1.43. The van der Waals surface area contributed by atoms with Crippen molar-refractivity contribution < 1.29 is 27.7 Å². The lowest BCUT2D eigenvalue weighted by Gasteiger charge is -2.08. The number of fused-ring (bicyclic) bond motifs is 1. The van der Waals surface area contributed by atoms with Gasteiger partial charge in [0.15, 0.2) is 17.3 Å². The van der Waals surface area contributed by atoms with Crippen molar-refractivity contribution in [1.29, 1.82) is 0 Å². The standard InChI is InChI=1S/C19H20ClN7O.C2HF3O2/c20-13-6-4-5-12(11-13)15-16-14(7-9-23-15)27(10-3-1-2-8-21)19(24-16)17-18(22)26-28-25-17;3-2(4,5)1(6)7/h4-7,9,11H,1-3,8,10,21H2,(H2,22,26);(H,6,7). The van der Waals surface area contributed by atoms with E-state index in [-0.39, 0.29) is 5.82 Å². The fourth-order valence-electron chi connectivity index (χ4n) is 3.25. The molecular weight excluding hydrogens is 491 g/mol. The molecule has 0 saturated carbocycles. The van der Waals surface area contributed by atoms with Crippen LogP contribution in [-0.2, 0) is 11.3 Å². The van der Waals surface area contributed by atoms with Gasteiger partial charge in [0, 0.05) is 23.3 Å². The number of aromatic nitrogens is 5. The topological polar surface area (TPSA) is 159 Å². The average molecular weight is 512 g/mol. The maximum atomic E-state index is 10.6. The van der Waals surface area contributed by atoms with E-state index in [0.717, 1.165) is 48.1 Å². The SMILES string of the molecule is NCCCCCn1c(-c2nonc2N)nc2c(-c3cccc(Cl)c3)nccc21.O=C(O)C(F)(F)F. The Morgan fingerprint density at radius 3 is 2.49 bits per heavy atom. The van der Waals surface area contributed by atoms with Crippen LogP contribution in [0, 0.1) is 0 Å². The minimum atomic E-state index is -5.08. The molecule has 0 saturated heterocycles. The number of pyridine rings is 1. The zero-order valence-electron chi connectivity index (χ0n) is 18.2. The van der Waals surface area contributed by atoms with E-state index < -0.39 is 12.1 Å². The summed E-state index contributed by atoms with van der Waals surface area (Å²) in [5.41, 5.74) is 15.3.